The van der Waals surface area contributed by atoms with E-state index < -0.39 is 16.6 Å². The van der Waals surface area contributed by atoms with Crippen molar-refractivity contribution in [2.45, 2.75) is 122 Å². The molecule has 0 aromatic carbocycles. The van der Waals surface area contributed by atoms with Gasteiger partial charge < -0.3 is 20.8 Å². The molecule has 0 aliphatic heterocycles. The van der Waals surface area contributed by atoms with Gasteiger partial charge in [-0.2, -0.15) is 0 Å². The quantitative estimate of drug-likeness (QED) is 0.407. The lowest BCUT2D eigenvalue weighted by atomic mass is 9.65. The number of carbonyl (C=O) groups excluding carboxylic acids is 2. The maximum Gasteiger partial charge on any atom is 0.236 e. The first kappa shape index (κ1) is 23.5. The standard InChI is InChI=1S/C24H42N2O4/c1-16(2)14-18(23(29)10-6-11-23)25-20(27)22(8-5-9-22)21(28)26-19(15-17(3)4)24(30)12-7-13-24/h16-19,29-30H,5-15H2,1-4H3,(H,25,27)(H,26,28)/t18-,19-/m1/s1. The van der Waals surface area contributed by atoms with Crippen LogP contribution in [0.4, 0.5) is 0 Å². The third-order valence-corrected chi connectivity index (χ3v) is 7.84. The molecule has 0 aromatic heterocycles. The Hall–Kier alpha value is -1.14. The summed E-state index contributed by atoms with van der Waals surface area (Å²) in [6.45, 7) is 8.34. The van der Waals surface area contributed by atoms with Crippen molar-refractivity contribution >= 4 is 11.8 Å². The molecule has 3 saturated carbocycles. The maximum absolute atomic E-state index is 13.4. The average Bonchev–Trinajstić information content (AvgIpc) is 2.54. The molecule has 3 fully saturated rings. The van der Waals surface area contributed by atoms with Gasteiger partial charge in [-0.15, -0.1) is 0 Å². The number of aliphatic hydroxyl groups is 2. The topological polar surface area (TPSA) is 98.7 Å². The van der Waals surface area contributed by atoms with E-state index in [1.54, 1.807) is 0 Å². The van der Waals surface area contributed by atoms with Gasteiger partial charge >= 0.3 is 0 Å². The number of rotatable bonds is 10. The van der Waals surface area contributed by atoms with E-state index in [4.69, 9.17) is 0 Å². The fourth-order valence-electron chi connectivity index (χ4n) is 5.22. The van der Waals surface area contributed by atoms with Crippen LogP contribution in [-0.2, 0) is 9.59 Å². The molecule has 2 atom stereocenters. The summed E-state index contributed by atoms with van der Waals surface area (Å²) >= 11 is 0. The van der Waals surface area contributed by atoms with Crippen LogP contribution in [0.15, 0.2) is 0 Å². The molecule has 4 N–H and O–H groups in total. The summed E-state index contributed by atoms with van der Waals surface area (Å²) in [4.78, 5) is 26.7. The summed E-state index contributed by atoms with van der Waals surface area (Å²) in [7, 11) is 0. The second-order valence-electron chi connectivity index (χ2n) is 11.2. The fourth-order valence-corrected chi connectivity index (χ4v) is 5.22. The first-order valence-electron chi connectivity index (χ1n) is 12.1. The Morgan fingerprint density at radius 1 is 0.700 bits per heavy atom. The van der Waals surface area contributed by atoms with Crippen molar-refractivity contribution in [1.82, 2.24) is 10.6 Å². The Morgan fingerprint density at radius 2 is 1.03 bits per heavy atom. The lowest BCUT2D eigenvalue weighted by molar-refractivity contribution is -0.156. The average molecular weight is 423 g/mol. The van der Waals surface area contributed by atoms with Crippen molar-refractivity contribution in [2.75, 3.05) is 0 Å². The van der Waals surface area contributed by atoms with Crippen molar-refractivity contribution in [3.8, 4) is 0 Å². The van der Waals surface area contributed by atoms with Crippen LogP contribution in [0.2, 0.25) is 0 Å². The van der Waals surface area contributed by atoms with Gasteiger partial charge in [0.2, 0.25) is 11.8 Å². The molecule has 0 heterocycles. The van der Waals surface area contributed by atoms with Crippen LogP contribution < -0.4 is 10.6 Å². The minimum absolute atomic E-state index is 0.249. The molecule has 6 nitrogen and oxygen atoms in total. The molecule has 0 radical (unpaired) electrons. The molecule has 172 valence electrons. The zero-order valence-electron chi connectivity index (χ0n) is 19.3. The van der Waals surface area contributed by atoms with Gasteiger partial charge in [0, 0.05) is 0 Å². The van der Waals surface area contributed by atoms with Crippen LogP contribution in [0.3, 0.4) is 0 Å². The van der Waals surface area contributed by atoms with Gasteiger partial charge in [0.15, 0.2) is 0 Å². The third kappa shape index (κ3) is 4.55. The molecule has 0 unspecified atom stereocenters. The Bertz CT molecular complexity index is 583. The molecule has 2 amide bonds. The Labute approximate surface area is 181 Å². The first-order chi connectivity index (χ1) is 14.0. The van der Waals surface area contributed by atoms with Crippen LogP contribution in [0.25, 0.3) is 0 Å². The normalized spacial score (nSPS) is 25.5. The van der Waals surface area contributed by atoms with Gasteiger partial charge in [0.05, 0.1) is 23.3 Å². The van der Waals surface area contributed by atoms with Gasteiger partial charge in [0.25, 0.3) is 0 Å². The Morgan fingerprint density at radius 3 is 1.23 bits per heavy atom. The van der Waals surface area contributed by atoms with E-state index in [2.05, 4.69) is 38.3 Å². The van der Waals surface area contributed by atoms with Crippen molar-refractivity contribution in [2.24, 2.45) is 17.3 Å². The van der Waals surface area contributed by atoms with Gasteiger partial charge in [-0.05, 0) is 76.0 Å². The summed E-state index contributed by atoms with van der Waals surface area (Å²) in [6, 6.07) is -0.627. The van der Waals surface area contributed by atoms with Crippen molar-refractivity contribution in [3.05, 3.63) is 0 Å². The highest BCUT2D eigenvalue weighted by molar-refractivity contribution is 6.06. The predicted molar refractivity (Wildman–Crippen MR) is 117 cm³/mol. The minimum atomic E-state index is -1.06. The van der Waals surface area contributed by atoms with E-state index in [1.165, 1.54) is 0 Å². The molecular formula is C24H42N2O4. The van der Waals surface area contributed by atoms with E-state index in [1.807, 2.05) is 0 Å². The van der Waals surface area contributed by atoms with Crippen LogP contribution in [0.5, 0.6) is 0 Å². The first-order valence-corrected chi connectivity index (χ1v) is 12.1. The van der Waals surface area contributed by atoms with E-state index in [-0.39, 0.29) is 23.9 Å². The number of nitrogens with one attached hydrogen (secondary N) is 2. The predicted octanol–water partition coefficient (Wildman–Crippen LogP) is 3.05. The molecule has 3 rings (SSSR count). The molecule has 6 heteroatoms. The van der Waals surface area contributed by atoms with Gasteiger partial charge in [0.1, 0.15) is 5.41 Å². The van der Waals surface area contributed by atoms with Gasteiger partial charge in [-0.25, -0.2) is 0 Å². The highest BCUT2D eigenvalue weighted by atomic mass is 16.3. The maximum atomic E-state index is 13.4. The van der Waals surface area contributed by atoms with Crippen LogP contribution in [0, 0.1) is 17.3 Å². The molecule has 0 spiro atoms. The third-order valence-electron chi connectivity index (χ3n) is 7.84. The van der Waals surface area contributed by atoms with Crippen LogP contribution in [-0.4, -0.2) is 45.3 Å². The summed E-state index contributed by atoms with van der Waals surface area (Å²) in [5.41, 5.74) is -2.75. The lowest BCUT2D eigenvalue weighted by Gasteiger charge is -2.48. The Kier molecular flexibility index (Phi) is 6.88. The largest absolute Gasteiger partial charge is 0.388 e. The molecule has 30 heavy (non-hydrogen) atoms. The summed E-state index contributed by atoms with van der Waals surface area (Å²) in [5.74, 6) is 0.186. The molecule has 3 aliphatic carbocycles. The molecule has 0 aromatic rings. The van der Waals surface area contributed by atoms with Gasteiger partial charge in [-0.3, -0.25) is 9.59 Å². The number of amides is 2. The van der Waals surface area contributed by atoms with Crippen molar-refractivity contribution < 1.29 is 19.8 Å². The fraction of sp³-hybridized carbons (Fsp3) is 0.917. The van der Waals surface area contributed by atoms with E-state index in [9.17, 15) is 19.8 Å². The van der Waals surface area contributed by atoms with E-state index >= 15 is 0 Å². The van der Waals surface area contributed by atoms with Gasteiger partial charge in [-0.1, -0.05) is 34.1 Å². The highest BCUT2D eigenvalue weighted by Crippen LogP contribution is 2.44. The number of hydrogen-bond acceptors (Lipinski definition) is 4. The number of carbonyl (C=O) groups is 2. The molecular weight excluding hydrogens is 380 g/mol. The second-order valence-corrected chi connectivity index (χ2v) is 11.2. The minimum Gasteiger partial charge on any atom is -0.388 e. The summed E-state index contributed by atoms with van der Waals surface area (Å²) in [6.07, 6.45) is 8.07. The monoisotopic (exact) mass is 422 g/mol. The zero-order valence-corrected chi connectivity index (χ0v) is 19.3. The summed E-state index contributed by atoms with van der Waals surface area (Å²) in [5, 5.41) is 28.0. The van der Waals surface area contributed by atoms with E-state index in [0.717, 1.165) is 19.3 Å². The van der Waals surface area contributed by atoms with Crippen LogP contribution >= 0.6 is 0 Å². The molecule has 0 saturated heterocycles. The Balaban J connectivity index is 1.71. The lowest BCUT2D eigenvalue weighted by Crippen LogP contribution is -2.65. The van der Waals surface area contributed by atoms with Crippen molar-refractivity contribution in [1.29, 1.82) is 0 Å². The smallest absolute Gasteiger partial charge is 0.236 e. The molecule has 3 aliphatic rings. The SMILES string of the molecule is CC(C)C[C@@H](NC(=O)C1(C(=O)N[C@H](CC(C)C)C2(O)CCC2)CCC1)C1(O)CCC1. The van der Waals surface area contributed by atoms with Crippen molar-refractivity contribution in [3.63, 3.8) is 0 Å². The molecule has 0 bridgehead atoms. The zero-order chi connectivity index (χ0) is 22.2. The highest BCUT2D eigenvalue weighted by Gasteiger charge is 2.54. The van der Waals surface area contributed by atoms with Crippen LogP contribution in [0.1, 0.15) is 98.3 Å². The summed E-state index contributed by atoms with van der Waals surface area (Å²) < 4.78 is 0. The van der Waals surface area contributed by atoms with E-state index in [0.29, 0.717) is 63.2 Å². The second kappa shape index (κ2) is 8.78. The number of hydrogen-bond donors (Lipinski definition) is 4.